The smallest absolute Gasteiger partial charge is 0.123 e. The predicted molar refractivity (Wildman–Crippen MR) is 48.9 cm³/mol. The highest BCUT2D eigenvalue weighted by Gasteiger charge is 2.07. The van der Waals surface area contributed by atoms with E-state index in [-0.39, 0.29) is 11.6 Å². The molecular weight excluding hydrogens is 176 g/mol. The van der Waals surface area contributed by atoms with Crippen molar-refractivity contribution in [1.29, 1.82) is 5.41 Å². The summed E-state index contributed by atoms with van der Waals surface area (Å²) in [6.45, 7) is 1.68. The van der Waals surface area contributed by atoms with Gasteiger partial charge in [-0.25, -0.2) is 0 Å². The van der Waals surface area contributed by atoms with Gasteiger partial charge in [-0.05, 0) is 19.1 Å². The number of rotatable bonds is 1. The second-order valence-corrected chi connectivity index (χ2v) is 2.95. The number of nitrogens with one attached hydrogen (secondary N) is 1. The van der Waals surface area contributed by atoms with Gasteiger partial charge in [0.05, 0.1) is 0 Å². The van der Waals surface area contributed by atoms with Crippen molar-refractivity contribution in [2.75, 3.05) is 0 Å². The van der Waals surface area contributed by atoms with Gasteiger partial charge < -0.3 is 10.8 Å². The molecular formula is C8H9ClN2O. The highest BCUT2D eigenvalue weighted by atomic mass is 35.5. The van der Waals surface area contributed by atoms with E-state index in [2.05, 4.69) is 0 Å². The molecule has 4 N–H and O–H groups in total. The van der Waals surface area contributed by atoms with Crippen molar-refractivity contribution in [2.45, 2.75) is 6.92 Å². The average Bonchev–Trinajstić information content (AvgIpc) is 1.96. The molecule has 0 saturated heterocycles. The third kappa shape index (κ3) is 1.51. The normalized spacial score (nSPS) is 9.83. The number of benzene rings is 1. The van der Waals surface area contributed by atoms with Crippen LogP contribution in [0.3, 0.4) is 0 Å². The van der Waals surface area contributed by atoms with E-state index < -0.39 is 0 Å². The van der Waals surface area contributed by atoms with Crippen LogP contribution in [-0.4, -0.2) is 10.9 Å². The lowest BCUT2D eigenvalue weighted by atomic mass is 10.1. The number of phenolic OH excluding ortho intramolecular Hbond substituents is 1. The standard InChI is InChI=1S/C8H9ClN2O/c1-4-6(8(10)11)2-5(9)3-7(4)12/h2-3,12H,1H3,(H3,10,11). The Morgan fingerprint density at radius 1 is 1.58 bits per heavy atom. The summed E-state index contributed by atoms with van der Waals surface area (Å²) in [6.07, 6.45) is 0. The summed E-state index contributed by atoms with van der Waals surface area (Å²) >= 11 is 5.65. The molecule has 0 radical (unpaired) electrons. The second-order valence-electron chi connectivity index (χ2n) is 2.51. The summed E-state index contributed by atoms with van der Waals surface area (Å²) in [4.78, 5) is 0. The molecule has 0 amide bonds. The van der Waals surface area contributed by atoms with Gasteiger partial charge in [0.25, 0.3) is 0 Å². The quantitative estimate of drug-likeness (QED) is 0.459. The Kier molecular flexibility index (Phi) is 2.24. The number of halogens is 1. The lowest BCUT2D eigenvalue weighted by molar-refractivity contribution is 0.471. The molecule has 64 valence electrons. The van der Waals surface area contributed by atoms with Crippen LogP contribution in [0.15, 0.2) is 12.1 Å². The molecule has 0 atom stereocenters. The molecule has 3 nitrogen and oxygen atoms in total. The van der Waals surface area contributed by atoms with Gasteiger partial charge in [0.2, 0.25) is 0 Å². The highest BCUT2D eigenvalue weighted by molar-refractivity contribution is 6.31. The Labute approximate surface area is 75.3 Å². The minimum absolute atomic E-state index is 0.0627. The minimum Gasteiger partial charge on any atom is -0.508 e. The van der Waals surface area contributed by atoms with Crippen molar-refractivity contribution in [2.24, 2.45) is 5.73 Å². The average molecular weight is 185 g/mol. The van der Waals surface area contributed by atoms with E-state index in [1.54, 1.807) is 13.0 Å². The summed E-state index contributed by atoms with van der Waals surface area (Å²) in [5.74, 6) is -0.0296. The van der Waals surface area contributed by atoms with Crippen LogP contribution in [0.5, 0.6) is 5.75 Å². The molecule has 0 aliphatic carbocycles. The predicted octanol–water partition coefficient (Wildman–Crippen LogP) is 1.64. The molecule has 0 unspecified atom stereocenters. The summed E-state index contributed by atoms with van der Waals surface area (Å²) in [5, 5.41) is 16.8. The van der Waals surface area contributed by atoms with Gasteiger partial charge in [-0.15, -0.1) is 0 Å². The molecule has 0 saturated carbocycles. The lowest BCUT2D eigenvalue weighted by Crippen LogP contribution is -2.12. The Morgan fingerprint density at radius 3 is 2.67 bits per heavy atom. The van der Waals surface area contributed by atoms with Crippen molar-refractivity contribution < 1.29 is 5.11 Å². The summed E-state index contributed by atoms with van der Waals surface area (Å²) in [7, 11) is 0. The molecule has 0 fully saturated rings. The van der Waals surface area contributed by atoms with Crippen LogP contribution >= 0.6 is 11.6 Å². The number of nitrogens with two attached hydrogens (primary N) is 1. The van der Waals surface area contributed by atoms with E-state index in [0.717, 1.165) is 0 Å². The molecule has 12 heavy (non-hydrogen) atoms. The van der Waals surface area contributed by atoms with E-state index in [9.17, 15) is 5.11 Å². The topological polar surface area (TPSA) is 70.1 Å². The second kappa shape index (κ2) is 3.03. The van der Waals surface area contributed by atoms with Gasteiger partial charge in [0.1, 0.15) is 11.6 Å². The Balaban J connectivity index is 3.37. The molecule has 1 aromatic rings. The number of nitrogen functional groups attached to an aromatic ring is 1. The Bertz CT molecular complexity index is 336. The zero-order valence-electron chi connectivity index (χ0n) is 6.56. The van der Waals surface area contributed by atoms with Gasteiger partial charge in [0, 0.05) is 16.1 Å². The molecule has 0 spiro atoms. The van der Waals surface area contributed by atoms with E-state index in [0.29, 0.717) is 16.1 Å². The van der Waals surface area contributed by atoms with Gasteiger partial charge in [-0.2, -0.15) is 0 Å². The monoisotopic (exact) mass is 184 g/mol. The van der Waals surface area contributed by atoms with Gasteiger partial charge >= 0.3 is 0 Å². The van der Waals surface area contributed by atoms with E-state index in [1.807, 2.05) is 0 Å². The fraction of sp³-hybridized carbons (Fsp3) is 0.125. The minimum atomic E-state index is -0.0923. The number of hydrogen-bond donors (Lipinski definition) is 3. The van der Waals surface area contributed by atoms with Gasteiger partial charge in [-0.3, -0.25) is 5.41 Å². The van der Waals surface area contributed by atoms with Crippen LogP contribution in [0.1, 0.15) is 11.1 Å². The fourth-order valence-electron chi connectivity index (χ4n) is 0.944. The van der Waals surface area contributed by atoms with Crippen molar-refractivity contribution in [3.8, 4) is 5.75 Å². The molecule has 1 rings (SSSR count). The Morgan fingerprint density at radius 2 is 2.17 bits per heavy atom. The summed E-state index contributed by atoms with van der Waals surface area (Å²) in [5.41, 5.74) is 6.31. The molecule has 0 aromatic heterocycles. The number of aromatic hydroxyl groups is 1. The molecule has 0 heterocycles. The zero-order chi connectivity index (χ0) is 9.30. The van der Waals surface area contributed by atoms with E-state index in [4.69, 9.17) is 22.7 Å². The van der Waals surface area contributed by atoms with Crippen molar-refractivity contribution >= 4 is 17.4 Å². The first kappa shape index (κ1) is 8.87. The van der Waals surface area contributed by atoms with E-state index >= 15 is 0 Å². The van der Waals surface area contributed by atoms with Crippen molar-refractivity contribution in [3.63, 3.8) is 0 Å². The first-order valence-corrected chi connectivity index (χ1v) is 3.73. The largest absolute Gasteiger partial charge is 0.508 e. The Hall–Kier alpha value is -1.22. The molecule has 0 aliphatic rings. The first-order valence-electron chi connectivity index (χ1n) is 3.36. The van der Waals surface area contributed by atoms with Crippen molar-refractivity contribution in [1.82, 2.24) is 0 Å². The first-order chi connectivity index (χ1) is 5.52. The summed E-state index contributed by atoms with van der Waals surface area (Å²) in [6, 6.07) is 2.97. The highest BCUT2D eigenvalue weighted by Crippen LogP contribution is 2.24. The van der Waals surface area contributed by atoms with Crippen LogP contribution in [0, 0.1) is 12.3 Å². The van der Waals surface area contributed by atoms with Crippen LogP contribution < -0.4 is 5.73 Å². The van der Waals surface area contributed by atoms with E-state index in [1.165, 1.54) is 6.07 Å². The van der Waals surface area contributed by atoms with Crippen LogP contribution in [-0.2, 0) is 0 Å². The number of amidine groups is 1. The maximum Gasteiger partial charge on any atom is 0.123 e. The SMILES string of the molecule is Cc1c(O)cc(Cl)cc1C(=N)N. The lowest BCUT2D eigenvalue weighted by Gasteiger charge is -2.05. The van der Waals surface area contributed by atoms with Crippen LogP contribution in [0.4, 0.5) is 0 Å². The number of phenols is 1. The zero-order valence-corrected chi connectivity index (χ0v) is 7.31. The molecule has 1 aromatic carbocycles. The molecule has 0 aliphatic heterocycles. The van der Waals surface area contributed by atoms with Crippen LogP contribution in [0.2, 0.25) is 5.02 Å². The van der Waals surface area contributed by atoms with Gasteiger partial charge in [-0.1, -0.05) is 11.6 Å². The maximum absolute atomic E-state index is 9.29. The third-order valence-corrected chi connectivity index (χ3v) is 1.85. The third-order valence-electron chi connectivity index (χ3n) is 1.64. The van der Waals surface area contributed by atoms with Crippen molar-refractivity contribution in [3.05, 3.63) is 28.3 Å². The van der Waals surface area contributed by atoms with Crippen LogP contribution in [0.25, 0.3) is 0 Å². The maximum atomic E-state index is 9.29. The summed E-state index contributed by atoms with van der Waals surface area (Å²) < 4.78 is 0. The van der Waals surface area contributed by atoms with Gasteiger partial charge in [0.15, 0.2) is 0 Å². The molecule has 0 bridgehead atoms. The fourth-order valence-corrected chi connectivity index (χ4v) is 1.16. The number of hydrogen-bond acceptors (Lipinski definition) is 2. The molecule has 4 heteroatoms.